The van der Waals surface area contributed by atoms with Crippen molar-refractivity contribution in [3.8, 4) is 40.1 Å². The van der Waals surface area contributed by atoms with Crippen molar-refractivity contribution in [1.82, 2.24) is 13.7 Å². The van der Waals surface area contributed by atoms with E-state index in [0.29, 0.717) is 0 Å². The molecule has 0 atom stereocenters. The Kier molecular flexibility index (Phi) is 7.46. The van der Waals surface area contributed by atoms with Gasteiger partial charge in [0.05, 0.1) is 38.8 Å². The van der Waals surface area contributed by atoms with Crippen LogP contribution in [0.2, 0.25) is 0 Å². The Morgan fingerprint density at radius 3 is 1.05 bits per heavy atom. The van der Waals surface area contributed by atoms with E-state index in [9.17, 15) is 0 Å². The SMILES string of the molecule is CC.c1ccc(-n2c3ccccc3c3cc4c(cc32)Oc2cc(-n3c5ccccc5c5ccccc53)cc3c2B4c2cc4c5ccccc5n(-c5ccccc5)c4cc2O3)cc1. The second-order valence-electron chi connectivity index (χ2n) is 16.1. The molecular weight excluding hydrogens is 757 g/mol. The molecule has 0 radical (unpaired) electrons. The maximum atomic E-state index is 7.21. The molecule has 0 saturated heterocycles. The summed E-state index contributed by atoms with van der Waals surface area (Å²) in [5, 5.41) is 7.22. The largest absolute Gasteiger partial charge is 0.458 e. The van der Waals surface area contributed by atoms with E-state index < -0.39 is 0 Å². The average Bonchev–Trinajstić information content (AvgIpc) is 3.96. The second-order valence-corrected chi connectivity index (χ2v) is 16.1. The number of fused-ring (bicyclic) bond motifs is 13. The number of nitrogens with zero attached hydrogens (tertiary/aromatic N) is 3. The van der Waals surface area contributed by atoms with Gasteiger partial charge in [-0.1, -0.05) is 135 Å². The molecule has 5 heterocycles. The van der Waals surface area contributed by atoms with Gasteiger partial charge >= 0.3 is 0 Å². The van der Waals surface area contributed by atoms with Gasteiger partial charge in [-0.3, -0.25) is 0 Å². The Morgan fingerprint density at radius 1 is 0.306 bits per heavy atom. The minimum atomic E-state index is -0.138. The van der Waals surface area contributed by atoms with Crippen LogP contribution in [0.15, 0.2) is 194 Å². The lowest BCUT2D eigenvalue weighted by atomic mass is 9.34. The fraction of sp³-hybridized carbons (Fsp3) is 0.0357. The van der Waals surface area contributed by atoms with Crippen LogP contribution in [-0.2, 0) is 0 Å². The highest BCUT2D eigenvalue weighted by Gasteiger charge is 2.42. The van der Waals surface area contributed by atoms with Crippen molar-refractivity contribution in [3.63, 3.8) is 0 Å². The van der Waals surface area contributed by atoms with Crippen molar-refractivity contribution in [2.75, 3.05) is 0 Å². The third-order valence-electron chi connectivity index (χ3n) is 12.9. The van der Waals surface area contributed by atoms with Crippen molar-refractivity contribution in [1.29, 1.82) is 0 Å². The van der Waals surface area contributed by atoms with Crippen molar-refractivity contribution in [2.24, 2.45) is 0 Å². The predicted octanol–water partition coefficient (Wildman–Crippen LogP) is 12.7. The number of ether oxygens (including phenoxy) is 2. The number of benzene rings is 9. The third-order valence-corrected chi connectivity index (χ3v) is 12.9. The monoisotopic (exact) mass is 795 g/mol. The summed E-state index contributed by atoms with van der Waals surface area (Å²) in [7, 11) is 0. The standard InChI is InChI=1S/C54H32BN3O2.C2H6/c1-3-15-33(16-4-1)56-46-25-13-9-21-38(46)40-29-42-50(31-48(40)56)59-52-27-35(58-44-23-11-7-19-36(44)37-20-8-12-24-45(37)58)28-53-54(52)55(42)43-30-41-39-22-10-14-26-47(39)57(34-17-5-2-6-18-34)49(41)32-51(43)60-53;1-2/h1-32H;1-2H3. The molecule has 0 bridgehead atoms. The van der Waals surface area contributed by atoms with Gasteiger partial charge in [0.1, 0.15) is 23.0 Å². The van der Waals surface area contributed by atoms with Gasteiger partial charge in [0.15, 0.2) is 0 Å². The summed E-state index contributed by atoms with van der Waals surface area (Å²) < 4.78 is 21.5. The quantitative estimate of drug-likeness (QED) is 0.167. The van der Waals surface area contributed by atoms with Crippen molar-refractivity contribution in [2.45, 2.75) is 13.8 Å². The van der Waals surface area contributed by atoms with Crippen molar-refractivity contribution < 1.29 is 9.47 Å². The first-order valence-corrected chi connectivity index (χ1v) is 21.5. The Balaban J connectivity index is 0.00000193. The molecule has 0 amide bonds. The number of rotatable bonds is 3. The lowest BCUT2D eigenvalue weighted by Gasteiger charge is -2.34. The fourth-order valence-electron chi connectivity index (χ4n) is 10.4. The van der Waals surface area contributed by atoms with Gasteiger partial charge in [0.2, 0.25) is 0 Å². The van der Waals surface area contributed by atoms with Gasteiger partial charge in [-0.2, -0.15) is 0 Å². The van der Waals surface area contributed by atoms with Crippen LogP contribution in [0.5, 0.6) is 23.0 Å². The molecule has 0 saturated carbocycles. The zero-order valence-corrected chi connectivity index (χ0v) is 34.2. The minimum Gasteiger partial charge on any atom is -0.458 e. The molecule has 0 N–H and O–H groups in total. The van der Waals surface area contributed by atoms with E-state index in [-0.39, 0.29) is 6.71 Å². The second kappa shape index (κ2) is 13.3. The van der Waals surface area contributed by atoms with E-state index in [4.69, 9.17) is 9.47 Å². The Hall–Kier alpha value is -7.96. The van der Waals surface area contributed by atoms with E-state index in [1.54, 1.807) is 0 Å². The van der Waals surface area contributed by atoms with Crippen molar-refractivity contribution >= 4 is 88.5 Å². The maximum absolute atomic E-state index is 7.21. The molecule has 0 aliphatic carbocycles. The molecule has 14 rings (SSSR count). The first-order chi connectivity index (χ1) is 30.8. The number of hydrogen-bond donors (Lipinski definition) is 0. The highest BCUT2D eigenvalue weighted by molar-refractivity contribution is 6.98. The first-order valence-electron chi connectivity index (χ1n) is 21.5. The van der Waals surface area contributed by atoms with Crippen LogP contribution < -0.4 is 25.9 Å². The van der Waals surface area contributed by atoms with Gasteiger partial charge in [-0.15, -0.1) is 0 Å². The average molecular weight is 796 g/mol. The zero-order chi connectivity index (χ0) is 41.1. The van der Waals surface area contributed by atoms with Crippen LogP contribution >= 0.6 is 0 Å². The first kappa shape index (κ1) is 34.9. The molecule has 0 fully saturated rings. The molecule has 5 nitrogen and oxygen atoms in total. The van der Waals surface area contributed by atoms with Gasteiger partial charge in [0, 0.05) is 73.4 Å². The van der Waals surface area contributed by atoms with Gasteiger partial charge < -0.3 is 23.2 Å². The summed E-state index contributed by atoms with van der Waals surface area (Å²) >= 11 is 0. The lowest BCUT2D eigenvalue weighted by molar-refractivity contribution is 0.465. The normalized spacial score (nSPS) is 12.6. The topological polar surface area (TPSA) is 33.2 Å². The Bertz CT molecular complexity index is 3540. The summed E-state index contributed by atoms with van der Waals surface area (Å²) in [5.41, 5.74) is 13.4. The molecule has 292 valence electrons. The Labute approximate surface area is 358 Å². The van der Waals surface area contributed by atoms with E-state index >= 15 is 0 Å². The summed E-state index contributed by atoms with van der Waals surface area (Å²) in [6.07, 6.45) is 0. The number of aromatic nitrogens is 3. The number of para-hydroxylation sites is 6. The van der Waals surface area contributed by atoms with Crippen LogP contribution in [-0.4, -0.2) is 20.4 Å². The van der Waals surface area contributed by atoms with Crippen LogP contribution in [0, 0.1) is 0 Å². The minimum absolute atomic E-state index is 0.138. The molecule has 3 aromatic heterocycles. The number of hydrogen-bond acceptors (Lipinski definition) is 2. The highest BCUT2D eigenvalue weighted by atomic mass is 16.5. The molecule has 9 aromatic carbocycles. The van der Waals surface area contributed by atoms with Crippen LogP contribution in [0.25, 0.3) is 82.5 Å². The predicted molar refractivity (Wildman–Crippen MR) is 258 cm³/mol. The van der Waals surface area contributed by atoms with Crippen LogP contribution in [0.1, 0.15) is 13.8 Å². The summed E-state index contributed by atoms with van der Waals surface area (Å²) in [6, 6.07) is 69.8. The Morgan fingerprint density at radius 2 is 0.645 bits per heavy atom. The maximum Gasteiger partial charge on any atom is 0.260 e. The molecule has 2 aliphatic rings. The smallest absolute Gasteiger partial charge is 0.260 e. The molecule has 12 aromatic rings. The van der Waals surface area contributed by atoms with E-state index in [1.165, 1.54) is 32.3 Å². The summed E-state index contributed by atoms with van der Waals surface area (Å²) in [5.74, 6) is 3.32. The van der Waals surface area contributed by atoms with E-state index in [0.717, 1.165) is 89.5 Å². The van der Waals surface area contributed by atoms with Gasteiger partial charge in [-0.25, -0.2) is 0 Å². The third kappa shape index (κ3) is 4.80. The van der Waals surface area contributed by atoms with E-state index in [2.05, 4.69) is 208 Å². The molecular formula is C56H38BN3O2. The zero-order valence-electron chi connectivity index (χ0n) is 34.2. The lowest BCUT2D eigenvalue weighted by Crippen LogP contribution is -2.57. The van der Waals surface area contributed by atoms with Crippen LogP contribution in [0.3, 0.4) is 0 Å². The van der Waals surface area contributed by atoms with Gasteiger partial charge in [0.25, 0.3) is 6.71 Å². The summed E-state index contributed by atoms with van der Waals surface area (Å²) in [6.45, 7) is 3.86. The van der Waals surface area contributed by atoms with Crippen LogP contribution in [0.4, 0.5) is 0 Å². The van der Waals surface area contributed by atoms with Crippen molar-refractivity contribution in [3.05, 3.63) is 194 Å². The fourth-order valence-corrected chi connectivity index (χ4v) is 10.4. The summed E-state index contributed by atoms with van der Waals surface area (Å²) in [4.78, 5) is 0. The van der Waals surface area contributed by atoms with Gasteiger partial charge in [-0.05, 0) is 59.5 Å². The molecule has 0 unspecified atom stereocenters. The highest BCUT2D eigenvalue weighted by Crippen LogP contribution is 2.43. The molecule has 0 spiro atoms. The molecule has 2 aliphatic heterocycles. The molecule has 62 heavy (non-hydrogen) atoms. The van der Waals surface area contributed by atoms with E-state index in [1.807, 2.05) is 13.8 Å². The molecule has 6 heteroatoms.